The minimum absolute atomic E-state index is 0.0752. The molecule has 1 amide bonds. The van der Waals surface area contributed by atoms with E-state index in [-0.39, 0.29) is 5.91 Å². The first-order valence-electron chi connectivity index (χ1n) is 7.97. The van der Waals surface area contributed by atoms with E-state index in [1.165, 1.54) is 17.4 Å². The molecule has 7 heteroatoms. The van der Waals surface area contributed by atoms with Crippen LogP contribution in [0.1, 0.15) is 30.2 Å². The molecular weight excluding hydrogens is 354 g/mol. The quantitative estimate of drug-likeness (QED) is 0.621. The van der Waals surface area contributed by atoms with Crippen molar-refractivity contribution in [3.05, 3.63) is 46.7 Å². The molecule has 0 saturated heterocycles. The molecule has 2 aromatic heterocycles. The van der Waals surface area contributed by atoms with E-state index >= 15 is 0 Å². The molecule has 3 rings (SSSR count). The Hall–Kier alpha value is -2.12. The third-order valence-electron chi connectivity index (χ3n) is 3.56. The number of aryl methyl sites for hydroxylation is 2. The van der Waals surface area contributed by atoms with Crippen molar-refractivity contribution < 1.29 is 9.21 Å². The Balaban J connectivity index is 1.62. The zero-order chi connectivity index (χ0) is 17.8. The van der Waals surface area contributed by atoms with E-state index in [9.17, 15) is 4.79 Å². The molecule has 0 radical (unpaired) electrons. The SMILES string of the molecule is CCc1sc(-c2nnc(CSc3ccc(NC(C)=O)cc3)o2)cc1C. The highest BCUT2D eigenvalue weighted by Crippen LogP contribution is 2.31. The average molecular weight is 374 g/mol. The lowest BCUT2D eigenvalue weighted by molar-refractivity contribution is -0.114. The summed E-state index contributed by atoms with van der Waals surface area (Å²) in [7, 11) is 0. The van der Waals surface area contributed by atoms with Crippen molar-refractivity contribution in [2.45, 2.75) is 37.8 Å². The van der Waals surface area contributed by atoms with Gasteiger partial charge in [0.15, 0.2) is 0 Å². The molecule has 0 aliphatic carbocycles. The minimum Gasteiger partial charge on any atom is -0.419 e. The number of anilines is 1. The lowest BCUT2D eigenvalue weighted by Gasteiger charge is -2.03. The monoisotopic (exact) mass is 373 g/mol. The lowest BCUT2D eigenvalue weighted by Crippen LogP contribution is -2.05. The van der Waals surface area contributed by atoms with Crippen LogP contribution >= 0.6 is 23.1 Å². The van der Waals surface area contributed by atoms with E-state index in [2.05, 4.69) is 35.4 Å². The molecule has 0 unspecified atom stereocenters. The Morgan fingerprint density at radius 3 is 2.68 bits per heavy atom. The van der Waals surface area contributed by atoms with Gasteiger partial charge in [0.25, 0.3) is 5.89 Å². The highest BCUT2D eigenvalue weighted by Gasteiger charge is 2.13. The summed E-state index contributed by atoms with van der Waals surface area (Å²) < 4.78 is 5.79. The van der Waals surface area contributed by atoms with Crippen LogP contribution in [0.4, 0.5) is 5.69 Å². The third kappa shape index (κ3) is 4.49. The summed E-state index contributed by atoms with van der Waals surface area (Å²) in [5.74, 6) is 1.73. The molecule has 0 bridgehead atoms. The summed E-state index contributed by atoms with van der Waals surface area (Å²) in [6.07, 6.45) is 1.02. The van der Waals surface area contributed by atoms with Crippen molar-refractivity contribution in [1.29, 1.82) is 0 Å². The van der Waals surface area contributed by atoms with Crippen LogP contribution in [0, 0.1) is 6.92 Å². The highest BCUT2D eigenvalue weighted by molar-refractivity contribution is 7.98. The minimum atomic E-state index is -0.0752. The second-order valence-corrected chi connectivity index (χ2v) is 7.75. The fraction of sp³-hybridized carbons (Fsp3) is 0.278. The van der Waals surface area contributed by atoms with E-state index in [0.29, 0.717) is 17.5 Å². The predicted molar refractivity (Wildman–Crippen MR) is 102 cm³/mol. The van der Waals surface area contributed by atoms with Crippen LogP contribution in [0.5, 0.6) is 0 Å². The molecule has 0 aliphatic heterocycles. The van der Waals surface area contributed by atoms with E-state index in [1.54, 1.807) is 23.1 Å². The number of hydrogen-bond donors (Lipinski definition) is 1. The van der Waals surface area contributed by atoms with Gasteiger partial charge in [-0.05, 0) is 49.2 Å². The Bertz CT molecular complexity index is 869. The van der Waals surface area contributed by atoms with Crippen LogP contribution in [-0.2, 0) is 17.0 Å². The van der Waals surface area contributed by atoms with Crippen LogP contribution in [0.25, 0.3) is 10.8 Å². The van der Waals surface area contributed by atoms with Gasteiger partial charge in [-0.3, -0.25) is 4.79 Å². The van der Waals surface area contributed by atoms with Gasteiger partial charge in [0.2, 0.25) is 11.8 Å². The molecule has 0 atom stereocenters. The van der Waals surface area contributed by atoms with Gasteiger partial charge in [0, 0.05) is 22.4 Å². The van der Waals surface area contributed by atoms with Crippen LogP contribution in [-0.4, -0.2) is 16.1 Å². The van der Waals surface area contributed by atoms with Crippen molar-refractivity contribution in [3.63, 3.8) is 0 Å². The number of thiophene rings is 1. The molecule has 0 saturated carbocycles. The number of aromatic nitrogens is 2. The van der Waals surface area contributed by atoms with E-state index in [0.717, 1.165) is 21.9 Å². The largest absolute Gasteiger partial charge is 0.419 e. The molecule has 0 spiro atoms. The topological polar surface area (TPSA) is 68.0 Å². The first kappa shape index (κ1) is 17.7. The Labute approximate surface area is 154 Å². The number of nitrogens with zero attached hydrogens (tertiary/aromatic N) is 2. The van der Waals surface area contributed by atoms with Gasteiger partial charge in [0.1, 0.15) is 0 Å². The summed E-state index contributed by atoms with van der Waals surface area (Å²) in [6.45, 7) is 5.75. The number of carbonyl (C=O) groups excluding carboxylic acids is 1. The van der Waals surface area contributed by atoms with Crippen molar-refractivity contribution in [2.75, 3.05) is 5.32 Å². The molecule has 5 nitrogen and oxygen atoms in total. The average Bonchev–Trinajstić information content (AvgIpc) is 3.20. The lowest BCUT2D eigenvalue weighted by atomic mass is 10.2. The number of rotatable bonds is 6. The molecule has 2 heterocycles. The number of nitrogens with one attached hydrogen (secondary N) is 1. The number of benzene rings is 1. The molecule has 0 aliphatic rings. The van der Waals surface area contributed by atoms with Gasteiger partial charge in [-0.2, -0.15) is 0 Å². The molecule has 130 valence electrons. The summed E-state index contributed by atoms with van der Waals surface area (Å²) in [5, 5.41) is 11.1. The molecule has 1 aromatic carbocycles. The number of thioether (sulfide) groups is 1. The van der Waals surface area contributed by atoms with Crippen LogP contribution in [0.15, 0.2) is 39.6 Å². The van der Waals surface area contributed by atoms with Gasteiger partial charge < -0.3 is 9.73 Å². The summed E-state index contributed by atoms with van der Waals surface area (Å²) in [5.41, 5.74) is 2.06. The fourth-order valence-corrected chi connectivity index (χ4v) is 4.14. The first-order valence-corrected chi connectivity index (χ1v) is 9.78. The zero-order valence-corrected chi connectivity index (χ0v) is 16.0. The van der Waals surface area contributed by atoms with Crippen molar-refractivity contribution in [3.8, 4) is 10.8 Å². The summed E-state index contributed by atoms with van der Waals surface area (Å²) in [6, 6.07) is 9.79. The Kier molecular flexibility index (Phi) is 5.55. The van der Waals surface area contributed by atoms with Crippen LogP contribution in [0.2, 0.25) is 0 Å². The summed E-state index contributed by atoms with van der Waals surface area (Å²) in [4.78, 5) is 14.5. The van der Waals surface area contributed by atoms with E-state index in [1.807, 2.05) is 24.3 Å². The van der Waals surface area contributed by atoms with Gasteiger partial charge in [-0.1, -0.05) is 6.92 Å². The number of amides is 1. The van der Waals surface area contributed by atoms with Gasteiger partial charge in [0.05, 0.1) is 10.6 Å². The Morgan fingerprint density at radius 2 is 2.04 bits per heavy atom. The second kappa shape index (κ2) is 7.84. The normalized spacial score (nSPS) is 10.8. The summed E-state index contributed by atoms with van der Waals surface area (Å²) >= 11 is 3.33. The molecule has 1 N–H and O–H groups in total. The number of hydrogen-bond acceptors (Lipinski definition) is 6. The van der Waals surface area contributed by atoms with Gasteiger partial charge >= 0.3 is 0 Å². The second-order valence-electron chi connectivity index (χ2n) is 5.57. The highest BCUT2D eigenvalue weighted by atomic mass is 32.2. The predicted octanol–water partition coefficient (Wildman–Crippen LogP) is 4.92. The van der Waals surface area contributed by atoms with Crippen molar-refractivity contribution in [1.82, 2.24) is 10.2 Å². The molecule has 0 fully saturated rings. The maximum Gasteiger partial charge on any atom is 0.257 e. The molecule has 25 heavy (non-hydrogen) atoms. The third-order valence-corrected chi connectivity index (χ3v) is 5.92. The van der Waals surface area contributed by atoms with E-state index in [4.69, 9.17) is 4.42 Å². The van der Waals surface area contributed by atoms with Crippen LogP contribution in [0.3, 0.4) is 0 Å². The number of carbonyl (C=O) groups is 1. The van der Waals surface area contributed by atoms with Crippen molar-refractivity contribution >= 4 is 34.7 Å². The van der Waals surface area contributed by atoms with Crippen LogP contribution < -0.4 is 5.32 Å². The van der Waals surface area contributed by atoms with E-state index < -0.39 is 0 Å². The smallest absolute Gasteiger partial charge is 0.257 e. The Morgan fingerprint density at radius 1 is 1.28 bits per heavy atom. The van der Waals surface area contributed by atoms with Crippen molar-refractivity contribution in [2.24, 2.45) is 0 Å². The first-order chi connectivity index (χ1) is 12.0. The molecule has 3 aromatic rings. The maximum absolute atomic E-state index is 11.0. The van der Waals surface area contributed by atoms with Gasteiger partial charge in [-0.15, -0.1) is 33.3 Å². The molecular formula is C18H19N3O2S2. The van der Waals surface area contributed by atoms with Gasteiger partial charge in [-0.25, -0.2) is 0 Å². The maximum atomic E-state index is 11.0. The standard InChI is InChI=1S/C18H19N3O2S2/c1-4-15-11(2)9-16(25-15)18-21-20-17(23-18)10-24-14-7-5-13(6-8-14)19-12(3)22/h5-9H,4,10H2,1-3H3,(H,19,22). The fourth-order valence-electron chi connectivity index (χ4n) is 2.37. The zero-order valence-electron chi connectivity index (χ0n) is 14.3.